The third kappa shape index (κ3) is 5.23. The zero-order chi connectivity index (χ0) is 20.9. The summed E-state index contributed by atoms with van der Waals surface area (Å²) in [5, 5.41) is 3.87. The summed E-state index contributed by atoms with van der Waals surface area (Å²) in [6.45, 7) is 0.854. The first-order valence-electron chi connectivity index (χ1n) is 9.41. The molecule has 9 heteroatoms. The second-order valence-corrected chi connectivity index (χ2v) is 9.60. The Balaban J connectivity index is 1.67. The van der Waals surface area contributed by atoms with Gasteiger partial charge in [0.05, 0.1) is 10.5 Å². The number of likely N-dealkylation sites (N-methyl/N-ethyl adjacent to an activating group) is 1. The van der Waals surface area contributed by atoms with Crippen molar-refractivity contribution in [3.63, 3.8) is 0 Å². The molecule has 0 radical (unpaired) electrons. The fraction of sp³-hybridized carbons (Fsp3) is 0.400. The Morgan fingerprint density at radius 1 is 1.14 bits per heavy atom. The highest BCUT2D eigenvalue weighted by Gasteiger charge is 2.30. The molecule has 1 fully saturated rings. The van der Waals surface area contributed by atoms with E-state index in [1.54, 1.807) is 30.5 Å². The van der Waals surface area contributed by atoms with Gasteiger partial charge >= 0.3 is 5.97 Å². The first-order chi connectivity index (χ1) is 13.9. The standard InChI is InChI=1S/C20H24N2O5S2/c1-21(13-16-9-12-28-15-16)19(23)14-27-20(24)17-7-3-4-8-18(17)29(25,26)22-10-5-2-6-11-22/h3-4,7-9,12,15H,2,5-6,10-11,13-14H2,1H3. The maximum absolute atomic E-state index is 13.0. The number of thiophene rings is 1. The van der Waals surface area contributed by atoms with Crippen LogP contribution in [0, 0.1) is 0 Å². The number of amides is 1. The molecule has 1 saturated heterocycles. The molecule has 1 aromatic heterocycles. The predicted molar refractivity (Wildman–Crippen MR) is 110 cm³/mol. The normalized spacial score (nSPS) is 15.1. The summed E-state index contributed by atoms with van der Waals surface area (Å²) < 4.78 is 32.5. The van der Waals surface area contributed by atoms with Gasteiger partial charge in [0.15, 0.2) is 6.61 Å². The third-order valence-corrected chi connectivity index (χ3v) is 7.48. The lowest BCUT2D eigenvalue weighted by molar-refractivity contribution is -0.133. The monoisotopic (exact) mass is 436 g/mol. The number of ether oxygens (including phenoxy) is 1. The summed E-state index contributed by atoms with van der Waals surface area (Å²) in [6.07, 6.45) is 2.60. The van der Waals surface area contributed by atoms with E-state index in [1.807, 2.05) is 16.8 Å². The van der Waals surface area contributed by atoms with Crippen LogP contribution in [0.5, 0.6) is 0 Å². The van der Waals surface area contributed by atoms with Gasteiger partial charge in [0.1, 0.15) is 0 Å². The molecule has 7 nitrogen and oxygen atoms in total. The van der Waals surface area contributed by atoms with Crippen molar-refractivity contribution >= 4 is 33.2 Å². The number of rotatable bonds is 7. The minimum absolute atomic E-state index is 0.0497. The van der Waals surface area contributed by atoms with Gasteiger partial charge in [-0.25, -0.2) is 13.2 Å². The third-order valence-electron chi connectivity index (χ3n) is 4.79. The molecule has 0 bridgehead atoms. The smallest absolute Gasteiger partial charge is 0.340 e. The van der Waals surface area contributed by atoms with Crippen LogP contribution < -0.4 is 0 Å². The molecule has 0 aliphatic carbocycles. The van der Waals surface area contributed by atoms with Crippen LogP contribution in [0.4, 0.5) is 0 Å². The molecule has 3 rings (SSSR count). The molecule has 1 aliphatic rings. The molecule has 1 amide bonds. The molecule has 0 unspecified atom stereocenters. The summed E-state index contributed by atoms with van der Waals surface area (Å²) in [5.41, 5.74) is 0.946. The molecule has 1 aromatic carbocycles. The average Bonchev–Trinajstić information content (AvgIpc) is 3.25. The molecule has 29 heavy (non-hydrogen) atoms. The van der Waals surface area contributed by atoms with E-state index in [1.165, 1.54) is 21.3 Å². The molecule has 2 aromatic rings. The van der Waals surface area contributed by atoms with Crippen molar-refractivity contribution in [2.24, 2.45) is 0 Å². The summed E-state index contributed by atoms with van der Waals surface area (Å²) in [7, 11) is -2.16. The van der Waals surface area contributed by atoms with Crippen LogP contribution >= 0.6 is 11.3 Å². The molecule has 156 valence electrons. The van der Waals surface area contributed by atoms with Gasteiger partial charge in [0, 0.05) is 26.7 Å². The van der Waals surface area contributed by atoms with Gasteiger partial charge in [-0.05, 0) is 47.4 Å². The van der Waals surface area contributed by atoms with E-state index in [0.29, 0.717) is 19.6 Å². The zero-order valence-electron chi connectivity index (χ0n) is 16.2. The number of esters is 1. The Morgan fingerprint density at radius 3 is 2.55 bits per heavy atom. The van der Waals surface area contributed by atoms with Gasteiger partial charge < -0.3 is 9.64 Å². The van der Waals surface area contributed by atoms with Crippen molar-refractivity contribution in [1.29, 1.82) is 0 Å². The molecular formula is C20H24N2O5S2. The van der Waals surface area contributed by atoms with Crippen molar-refractivity contribution < 1.29 is 22.7 Å². The Morgan fingerprint density at radius 2 is 1.86 bits per heavy atom. The molecule has 0 saturated carbocycles. The van der Waals surface area contributed by atoms with Crippen LogP contribution in [0.25, 0.3) is 0 Å². The molecule has 0 N–H and O–H groups in total. The average molecular weight is 437 g/mol. The topological polar surface area (TPSA) is 84.0 Å². The molecule has 0 atom stereocenters. The van der Waals surface area contributed by atoms with Crippen LogP contribution in [0.15, 0.2) is 46.0 Å². The Hall–Kier alpha value is -2.23. The summed E-state index contributed by atoms with van der Waals surface area (Å²) in [5.74, 6) is -1.18. The highest BCUT2D eigenvalue weighted by Crippen LogP contribution is 2.24. The first kappa shape index (κ1) is 21.5. The number of hydrogen-bond acceptors (Lipinski definition) is 6. The lowest BCUT2D eigenvalue weighted by Gasteiger charge is -2.26. The maximum Gasteiger partial charge on any atom is 0.340 e. The summed E-state index contributed by atoms with van der Waals surface area (Å²) >= 11 is 1.54. The van der Waals surface area contributed by atoms with E-state index in [2.05, 4.69) is 0 Å². The minimum atomic E-state index is -3.79. The summed E-state index contributed by atoms with van der Waals surface area (Å²) in [6, 6.07) is 7.90. The maximum atomic E-state index is 13.0. The fourth-order valence-corrected chi connectivity index (χ4v) is 5.52. The number of carbonyl (C=O) groups excluding carboxylic acids is 2. The minimum Gasteiger partial charge on any atom is -0.452 e. The Kier molecular flexibility index (Phi) is 7.05. The van der Waals surface area contributed by atoms with Crippen molar-refractivity contribution in [3.8, 4) is 0 Å². The lowest BCUT2D eigenvalue weighted by Crippen LogP contribution is -2.36. The van der Waals surface area contributed by atoms with Gasteiger partial charge in [-0.2, -0.15) is 15.6 Å². The van der Waals surface area contributed by atoms with Crippen LogP contribution in [0.3, 0.4) is 0 Å². The number of nitrogens with zero attached hydrogens (tertiary/aromatic N) is 2. The van der Waals surface area contributed by atoms with E-state index in [4.69, 9.17) is 4.74 Å². The largest absolute Gasteiger partial charge is 0.452 e. The van der Waals surface area contributed by atoms with Gasteiger partial charge in [0.25, 0.3) is 5.91 Å². The van der Waals surface area contributed by atoms with Crippen molar-refractivity contribution in [1.82, 2.24) is 9.21 Å². The van der Waals surface area contributed by atoms with Crippen LogP contribution in [-0.4, -0.2) is 56.2 Å². The number of hydrogen-bond donors (Lipinski definition) is 0. The highest BCUT2D eigenvalue weighted by molar-refractivity contribution is 7.89. The van der Waals surface area contributed by atoms with E-state index < -0.39 is 22.6 Å². The van der Waals surface area contributed by atoms with E-state index in [0.717, 1.165) is 24.8 Å². The highest BCUT2D eigenvalue weighted by atomic mass is 32.2. The molecule has 0 spiro atoms. The second-order valence-electron chi connectivity index (χ2n) is 6.92. The van der Waals surface area contributed by atoms with E-state index in [-0.39, 0.29) is 16.4 Å². The number of sulfonamides is 1. The number of piperidine rings is 1. The van der Waals surface area contributed by atoms with Gasteiger partial charge in [0.2, 0.25) is 10.0 Å². The van der Waals surface area contributed by atoms with Crippen LogP contribution in [0.1, 0.15) is 35.2 Å². The van der Waals surface area contributed by atoms with Crippen molar-refractivity contribution in [2.75, 3.05) is 26.7 Å². The molecular weight excluding hydrogens is 412 g/mol. The summed E-state index contributed by atoms with van der Waals surface area (Å²) in [4.78, 5) is 26.2. The molecule has 2 heterocycles. The van der Waals surface area contributed by atoms with Crippen LogP contribution in [0.2, 0.25) is 0 Å². The van der Waals surface area contributed by atoms with Crippen molar-refractivity contribution in [2.45, 2.75) is 30.7 Å². The Labute approximate surface area is 174 Å². The molecule has 1 aliphatic heterocycles. The lowest BCUT2D eigenvalue weighted by atomic mass is 10.2. The fourth-order valence-electron chi connectivity index (χ4n) is 3.16. The van der Waals surface area contributed by atoms with E-state index >= 15 is 0 Å². The predicted octanol–water partition coefficient (Wildman–Crippen LogP) is 2.74. The van der Waals surface area contributed by atoms with Crippen LogP contribution in [-0.2, 0) is 26.1 Å². The van der Waals surface area contributed by atoms with Gasteiger partial charge in [-0.3, -0.25) is 4.79 Å². The van der Waals surface area contributed by atoms with Gasteiger partial charge in [-0.15, -0.1) is 0 Å². The number of benzene rings is 1. The van der Waals surface area contributed by atoms with Gasteiger partial charge in [-0.1, -0.05) is 18.6 Å². The Bertz CT molecular complexity index is 951. The number of carbonyl (C=O) groups is 2. The zero-order valence-corrected chi connectivity index (χ0v) is 17.9. The second kappa shape index (κ2) is 9.51. The first-order valence-corrected chi connectivity index (χ1v) is 11.8. The van der Waals surface area contributed by atoms with E-state index in [9.17, 15) is 18.0 Å². The quantitative estimate of drug-likeness (QED) is 0.623. The SMILES string of the molecule is CN(Cc1ccsc1)C(=O)COC(=O)c1ccccc1S(=O)(=O)N1CCCCC1. The van der Waals surface area contributed by atoms with Crippen molar-refractivity contribution in [3.05, 3.63) is 52.2 Å².